The Labute approximate surface area is 213 Å². The molecule has 0 atom stereocenters. The quantitative estimate of drug-likeness (QED) is 0.291. The van der Waals surface area contributed by atoms with E-state index in [0.717, 1.165) is 29.0 Å². The van der Waals surface area contributed by atoms with Crippen molar-refractivity contribution >= 4 is 46.3 Å². The Morgan fingerprint density at radius 1 is 1.20 bits per heavy atom. The molecule has 1 saturated heterocycles. The van der Waals surface area contributed by atoms with Gasteiger partial charge < -0.3 is 9.84 Å². The molecule has 2 heterocycles. The van der Waals surface area contributed by atoms with E-state index in [4.69, 9.17) is 27.2 Å². The van der Waals surface area contributed by atoms with E-state index in [1.165, 1.54) is 16.7 Å². The van der Waals surface area contributed by atoms with Crippen LogP contribution in [0.25, 0.3) is 23.0 Å². The first-order valence-electron chi connectivity index (χ1n) is 11.3. The van der Waals surface area contributed by atoms with Gasteiger partial charge in [0.15, 0.2) is 0 Å². The molecule has 0 aliphatic carbocycles. The summed E-state index contributed by atoms with van der Waals surface area (Å²) in [6.45, 7) is 2.96. The second-order valence-electron chi connectivity index (χ2n) is 7.92. The highest BCUT2D eigenvalue weighted by Gasteiger charge is 2.32. The number of ether oxygens (including phenoxy) is 1. The summed E-state index contributed by atoms with van der Waals surface area (Å²) in [7, 11) is 0. The Kier molecular flexibility index (Phi) is 7.99. The van der Waals surface area contributed by atoms with Gasteiger partial charge in [-0.1, -0.05) is 61.2 Å². The molecule has 9 heteroatoms. The zero-order chi connectivity index (χ0) is 24.8. The van der Waals surface area contributed by atoms with Gasteiger partial charge >= 0.3 is 5.97 Å². The first-order valence-corrected chi connectivity index (χ1v) is 12.5. The number of carbonyl (C=O) groups excluding carboxylic acids is 1. The Bertz CT molecular complexity index is 1270. The predicted octanol–water partition coefficient (Wildman–Crippen LogP) is 5.39. The van der Waals surface area contributed by atoms with Crippen LogP contribution in [0.5, 0.6) is 5.75 Å². The maximum atomic E-state index is 13.0. The van der Waals surface area contributed by atoms with Crippen LogP contribution in [-0.4, -0.2) is 49.1 Å². The third-order valence-electron chi connectivity index (χ3n) is 5.28. The molecular formula is C26H25N3O4S2. The summed E-state index contributed by atoms with van der Waals surface area (Å²) in [6, 6.07) is 17.5. The Balaban J connectivity index is 1.69. The van der Waals surface area contributed by atoms with E-state index < -0.39 is 5.97 Å². The minimum atomic E-state index is -0.894. The molecule has 1 fully saturated rings. The average Bonchev–Trinajstić information content (AvgIpc) is 3.39. The van der Waals surface area contributed by atoms with Gasteiger partial charge in [-0.25, -0.2) is 4.68 Å². The summed E-state index contributed by atoms with van der Waals surface area (Å²) in [4.78, 5) is 25.8. The molecule has 0 unspecified atom stereocenters. The van der Waals surface area contributed by atoms with E-state index in [9.17, 15) is 9.59 Å². The lowest BCUT2D eigenvalue weighted by molar-refractivity contribution is -0.137. The summed E-state index contributed by atoms with van der Waals surface area (Å²) in [5.41, 5.74) is 3.25. The summed E-state index contributed by atoms with van der Waals surface area (Å²) in [5.74, 6) is -0.354. The molecule has 7 nitrogen and oxygen atoms in total. The van der Waals surface area contributed by atoms with Crippen molar-refractivity contribution in [3.63, 3.8) is 0 Å². The highest BCUT2D eigenvalue weighted by atomic mass is 32.2. The highest BCUT2D eigenvalue weighted by Crippen LogP contribution is 2.35. The van der Waals surface area contributed by atoms with Crippen LogP contribution >= 0.6 is 24.0 Å². The van der Waals surface area contributed by atoms with Gasteiger partial charge in [0.2, 0.25) is 0 Å². The van der Waals surface area contributed by atoms with Crippen LogP contribution in [-0.2, 0) is 9.59 Å². The topological polar surface area (TPSA) is 84.7 Å². The summed E-state index contributed by atoms with van der Waals surface area (Å²) >= 11 is 6.62. The lowest BCUT2D eigenvalue weighted by Gasteiger charge is -2.13. The van der Waals surface area contributed by atoms with Gasteiger partial charge in [0.05, 0.1) is 17.2 Å². The molecule has 0 saturated carbocycles. The number of hydrogen-bond donors (Lipinski definition) is 1. The summed E-state index contributed by atoms with van der Waals surface area (Å²) in [6.07, 6.45) is 4.93. The normalized spacial score (nSPS) is 14.7. The summed E-state index contributed by atoms with van der Waals surface area (Å²) in [5, 5.41) is 13.7. The molecule has 1 aliphatic heterocycles. The number of para-hydroxylation sites is 1. The molecule has 4 rings (SSSR count). The van der Waals surface area contributed by atoms with Crippen LogP contribution in [0.4, 0.5) is 0 Å². The fourth-order valence-corrected chi connectivity index (χ4v) is 4.91. The molecule has 1 N–H and O–H groups in total. The standard InChI is InChI=1S/C26H25N3O4S2/c1-2-14-33-21-11-6-8-18(15-21)24-19(17-29(27-24)20-9-4-3-5-10-20)16-22-25(32)28(26(34)35-22)13-7-12-23(30)31/h3-6,8-11,15-17H,2,7,12-14H2,1H3,(H,30,31)/b22-16-. The van der Waals surface area contributed by atoms with Crippen molar-refractivity contribution in [2.24, 2.45) is 0 Å². The molecule has 0 spiro atoms. The fourth-order valence-electron chi connectivity index (χ4n) is 3.61. The van der Waals surface area contributed by atoms with Crippen LogP contribution in [0.3, 0.4) is 0 Å². The first-order chi connectivity index (χ1) is 17.0. The number of benzene rings is 2. The van der Waals surface area contributed by atoms with Crippen molar-refractivity contribution in [1.29, 1.82) is 0 Å². The number of carboxylic acids is 1. The predicted molar refractivity (Wildman–Crippen MR) is 142 cm³/mol. The second-order valence-corrected chi connectivity index (χ2v) is 9.60. The van der Waals surface area contributed by atoms with Gasteiger partial charge in [-0.15, -0.1) is 0 Å². The smallest absolute Gasteiger partial charge is 0.303 e. The molecule has 1 amide bonds. The van der Waals surface area contributed by atoms with Gasteiger partial charge in [0, 0.05) is 30.3 Å². The maximum absolute atomic E-state index is 13.0. The zero-order valence-electron chi connectivity index (χ0n) is 19.2. The third kappa shape index (κ3) is 5.98. The molecule has 3 aromatic rings. The highest BCUT2D eigenvalue weighted by molar-refractivity contribution is 8.26. The molecule has 1 aliphatic rings. The van der Waals surface area contributed by atoms with Crippen molar-refractivity contribution in [2.75, 3.05) is 13.2 Å². The number of rotatable bonds is 10. The van der Waals surface area contributed by atoms with Gasteiger partial charge in [0.1, 0.15) is 15.8 Å². The van der Waals surface area contributed by atoms with Crippen molar-refractivity contribution in [2.45, 2.75) is 26.2 Å². The van der Waals surface area contributed by atoms with Crippen LogP contribution < -0.4 is 4.74 Å². The molecule has 0 radical (unpaired) electrons. The number of thioether (sulfide) groups is 1. The molecular weight excluding hydrogens is 482 g/mol. The van der Waals surface area contributed by atoms with Gasteiger partial charge in [-0.2, -0.15) is 5.10 Å². The fraction of sp³-hybridized carbons (Fsp3) is 0.231. The third-order valence-corrected chi connectivity index (χ3v) is 6.65. The van der Waals surface area contributed by atoms with Gasteiger partial charge in [-0.3, -0.25) is 14.5 Å². The lowest BCUT2D eigenvalue weighted by atomic mass is 10.1. The lowest BCUT2D eigenvalue weighted by Crippen LogP contribution is -2.29. The monoisotopic (exact) mass is 507 g/mol. The summed E-state index contributed by atoms with van der Waals surface area (Å²) < 4.78 is 8.02. The van der Waals surface area contributed by atoms with Crippen molar-refractivity contribution < 1.29 is 19.4 Å². The van der Waals surface area contributed by atoms with Crippen molar-refractivity contribution in [3.8, 4) is 22.7 Å². The van der Waals surface area contributed by atoms with E-state index >= 15 is 0 Å². The van der Waals surface area contributed by atoms with Crippen LogP contribution in [0, 0.1) is 0 Å². The minimum Gasteiger partial charge on any atom is -0.494 e. The number of carboxylic acid groups (broad SMARTS) is 1. The van der Waals surface area contributed by atoms with Gasteiger partial charge in [0.25, 0.3) is 5.91 Å². The molecule has 180 valence electrons. The Morgan fingerprint density at radius 2 is 2.00 bits per heavy atom. The first kappa shape index (κ1) is 24.7. The van der Waals surface area contributed by atoms with Crippen LogP contribution in [0.2, 0.25) is 0 Å². The molecule has 35 heavy (non-hydrogen) atoms. The van der Waals surface area contributed by atoms with E-state index in [1.807, 2.05) is 60.8 Å². The van der Waals surface area contributed by atoms with E-state index in [-0.39, 0.29) is 18.9 Å². The van der Waals surface area contributed by atoms with E-state index in [1.54, 1.807) is 10.8 Å². The average molecular weight is 508 g/mol. The number of hydrogen-bond acceptors (Lipinski definition) is 6. The van der Waals surface area contributed by atoms with Gasteiger partial charge in [-0.05, 0) is 43.2 Å². The number of amides is 1. The van der Waals surface area contributed by atoms with Crippen molar-refractivity contribution in [3.05, 3.63) is 71.3 Å². The molecule has 0 bridgehead atoms. The zero-order valence-corrected chi connectivity index (χ0v) is 20.8. The van der Waals surface area contributed by atoms with E-state index in [0.29, 0.717) is 27.9 Å². The van der Waals surface area contributed by atoms with E-state index in [2.05, 4.69) is 6.92 Å². The number of aromatic nitrogens is 2. The number of thiocarbonyl (C=S) groups is 1. The molecule has 1 aromatic heterocycles. The number of nitrogens with zero attached hydrogens (tertiary/aromatic N) is 3. The molecule has 2 aromatic carbocycles. The largest absolute Gasteiger partial charge is 0.494 e. The van der Waals surface area contributed by atoms with Crippen LogP contribution in [0.1, 0.15) is 31.7 Å². The SMILES string of the molecule is CCCOc1cccc(-c2nn(-c3ccccc3)cc2/C=C2\SC(=S)N(CCCC(=O)O)C2=O)c1. The Hall–Kier alpha value is -3.43. The Morgan fingerprint density at radius 3 is 2.74 bits per heavy atom. The second kappa shape index (κ2) is 11.3. The maximum Gasteiger partial charge on any atom is 0.303 e. The number of carbonyl (C=O) groups is 2. The van der Waals surface area contributed by atoms with Crippen LogP contribution in [0.15, 0.2) is 65.7 Å². The number of aliphatic carboxylic acids is 1. The van der Waals surface area contributed by atoms with Crippen molar-refractivity contribution in [1.82, 2.24) is 14.7 Å². The minimum absolute atomic E-state index is 0.0133.